The van der Waals surface area contributed by atoms with Crippen molar-refractivity contribution in [1.29, 1.82) is 0 Å². The number of ether oxygens (including phenoxy) is 2. The smallest absolute Gasteiger partial charge is 0.277 e. The summed E-state index contributed by atoms with van der Waals surface area (Å²) in [5, 5.41) is 13.5. The summed E-state index contributed by atoms with van der Waals surface area (Å²) in [4.78, 5) is 16.1. The molecule has 1 N–H and O–H groups in total. The monoisotopic (exact) mass is 390 g/mol. The number of anilines is 1. The minimum atomic E-state index is -0.177. The Labute approximate surface area is 156 Å². The summed E-state index contributed by atoms with van der Waals surface area (Å²) in [7, 11) is 0. The molecule has 2 aromatic heterocycles. The van der Waals surface area contributed by atoms with Crippen LogP contribution in [0.4, 0.5) is 5.13 Å². The Hall–Kier alpha value is -2.59. The normalized spacial score (nSPS) is 12.8. The molecular formula is C16H14N4O4S2. The summed E-state index contributed by atoms with van der Waals surface area (Å²) in [5.74, 6) is 1.69. The largest absolute Gasteiger partial charge is 0.486 e. The number of thiazole rings is 1. The van der Waals surface area contributed by atoms with Gasteiger partial charge < -0.3 is 19.2 Å². The van der Waals surface area contributed by atoms with Gasteiger partial charge in [-0.2, -0.15) is 0 Å². The highest BCUT2D eigenvalue weighted by molar-refractivity contribution is 7.99. The first-order chi connectivity index (χ1) is 12.7. The highest BCUT2D eigenvalue weighted by Crippen LogP contribution is 2.34. The number of aromatic nitrogens is 3. The number of carbonyl (C=O) groups is 1. The molecule has 0 fully saturated rings. The van der Waals surface area contributed by atoms with Crippen molar-refractivity contribution >= 4 is 34.1 Å². The summed E-state index contributed by atoms with van der Waals surface area (Å²) in [6.07, 6.45) is 0. The van der Waals surface area contributed by atoms with E-state index in [2.05, 4.69) is 20.5 Å². The van der Waals surface area contributed by atoms with Gasteiger partial charge >= 0.3 is 0 Å². The van der Waals surface area contributed by atoms with Gasteiger partial charge in [-0.3, -0.25) is 4.79 Å². The number of nitrogens with zero attached hydrogens (tertiary/aromatic N) is 3. The van der Waals surface area contributed by atoms with Crippen molar-refractivity contribution in [2.24, 2.45) is 0 Å². The maximum absolute atomic E-state index is 11.9. The second-order valence-electron chi connectivity index (χ2n) is 5.36. The van der Waals surface area contributed by atoms with Crippen molar-refractivity contribution in [1.82, 2.24) is 15.2 Å². The maximum atomic E-state index is 11.9. The minimum absolute atomic E-state index is 0.154. The number of benzene rings is 1. The van der Waals surface area contributed by atoms with E-state index >= 15 is 0 Å². The molecular weight excluding hydrogens is 376 g/mol. The van der Waals surface area contributed by atoms with Crippen LogP contribution in [-0.2, 0) is 4.79 Å². The Balaban J connectivity index is 1.38. The number of amides is 1. The molecule has 3 aromatic rings. The highest BCUT2D eigenvalue weighted by atomic mass is 32.2. The molecule has 10 heteroatoms. The van der Waals surface area contributed by atoms with Gasteiger partial charge in [-0.25, -0.2) is 4.98 Å². The Kier molecular flexibility index (Phi) is 4.76. The number of hydrogen-bond donors (Lipinski definition) is 1. The van der Waals surface area contributed by atoms with E-state index in [0.717, 1.165) is 11.3 Å². The molecule has 0 radical (unpaired) electrons. The van der Waals surface area contributed by atoms with Crippen molar-refractivity contribution in [2.75, 3.05) is 24.3 Å². The van der Waals surface area contributed by atoms with Crippen molar-refractivity contribution in [3.05, 3.63) is 29.3 Å². The first kappa shape index (κ1) is 16.9. The molecule has 134 valence electrons. The average molecular weight is 390 g/mol. The summed E-state index contributed by atoms with van der Waals surface area (Å²) in [6, 6.07) is 5.44. The van der Waals surface area contributed by atoms with E-state index in [1.54, 1.807) is 6.07 Å². The van der Waals surface area contributed by atoms with Gasteiger partial charge in [-0.05, 0) is 25.1 Å². The lowest BCUT2D eigenvalue weighted by Crippen LogP contribution is -2.15. The summed E-state index contributed by atoms with van der Waals surface area (Å²) in [5.41, 5.74) is 1.61. The fourth-order valence-corrected chi connectivity index (χ4v) is 3.52. The number of nitrogens with one attached hydrogen (secondary N) is 1. The molecule has 0 saturated carbocycles. The molecule has 4 rings (SSSR count). The average Bonchev–Trinajstić information content (AvgIpc) is 3.28. The summed E-state index contributed by atoms with van der Waals surface area (Å²) >= 11 is 2.55. The Morgan fingerprint density at radius 3 is 2.92 bits per heavy atom. The molecule has 0 bridgehead atoms. The van der Waals surface area contributed by atoms with E-state index < -0.39 is 0 Å². The van der Waals surface area contributed by atoms with Crippen LogP contribution in [0.15, 0.2) is 33.2 Å². The minimum Gasteiger partial charge on any atom is -0.486 e. The third kappa shape index (κ3) is 3.81. The van der Waals surface area contributed by atoms with Crippen LogP contribution in [0.2, 0.25) is 0 Å². The van der Waals surface area contributed by atoms with Gasteiger partial charge in [-0.15, -0.1) is 21.5 Å². The predicted molar refractivity (Wildman–Crippen MR) is 96.9 cm³/mol. The molecule has 0 atom stereocenters. The third-order valence-corrected chi connectivity index (χ3v) is 5.08. The number of hydrogen-bond acceptors (Lipinski definition) is 9. The molecule has 0 unspecified atom stereocenters. The second-order valence-corrected chi connectivity index (χ2v) is 7.15. The van der Waals surface area contributed by atoms with Crippen LogP contribution in [0.3, 0.4) is 0 Å². The molecule has 1 amide bonds. The first-order valence-electron chi connectivity index (χ1n) is 7.76. The Bertz CT molecular complexity index is 940. The Morgan fingerprint density at radius 1 is 1.27 bits per heavy atom. The van der Waals surface area contributed by atoms with Crippen LogP contribution >= 0.6 is 23.1 Å². The molecule has 1 aliphatic heterocycles. The topological polar surface area (TPSA) is 99.4 Å². The van der Waals surface area contributed by atoms with Gasteiger partial charge in [0.25, 0.3) is 5.22 Å². The van der Waals surface area contributed by atoms with Gasteiger partial charge in [0.1, 0.15) is 13.2 Å². The zero-order valence-electron chi connectivity index (χ0n) is 13.7. The summed E-state index contributed by atoms with van der Waals surface area (Å²) < 4.78 is 16.7. The fraction of sp³-hybridized carbons (Fsp3) is 0.250. The number of rotatable bonds is 5. The molecule has 3 heterocycles. The molecule has 1 aromatic carbocycles. The van der Waals surface area contributed by atoms with Gasteiger partial charge in [-0.1, -0.05) is 11.8 Å². The van der Waals surface area contributed by atoms with Crippen molar-refractivity contribution in [2.45, 2.75) is 12.1 Å². The Morgan fingerprint density at radius 2 is 2.12 bits per heavy atom. The standard InChI is InChI=1S/C16H14N4O4S2/c1-9-7-25-15(17-9)18-13(21)8-26-16-20-19-14(24-16)10-2-3-11-12(6-10)23-5-4-22-11/h2-3,6-7H,4-5,8H2,1H3,(H,17,18,21). The molecule has 0 saturated heterocycles. The second kappa shape index (κ2) is 7.34. The molecule has 0 spiro atoms. The van der Waals surface area contributed by atoms with E-state index in [-0.39, 0.29) is 11.7 Å². The van der Waals surface area contributed by atoms with E-state index in [1.165, 1.54) is 23.1 Å². The van der Waals surface area contributed by atoms with E-state index in [1.807, 2.05) is 24.4 Å². The highest BCUT2D eigenvalue weighted by Gasteiger charge is 2.16. The van der Waals surface area contributed by atoms with Gasteiger partial charge in [0, 0.05) is 10.9 Å². The lowest BCUT2D eigenvalue weighted by Gasteiger charge is -2.18. The van der Waals surface area contributed by atoms with Crippen molar-refractivity contribution in [3.8, 4) is 23.0 Å². The van der Waals surface area contributed by atoms with Crippen LogP contribution in [0, 0.1) is 6.92 Å². The quantitative estimate of drug-likeness (QED) is 0.664. The van der Waals surface area contributed by atoms with E-state index in [9.17, 15) is 4.79 Å². The fourth-order valence-electron chi connectivity index (χ4n) is 2.26. The zero-order valence-corrected chi connectivity index (χ0v) is 15.4. The third-order valence-electron chi connectivity index (χ3n) is 3.39. The number of aryl methyl sites for hydroxylation is 1. The van der Waals surface area contributed by atoms with Crippen LogP contribution in [0.1, 0.15) is 5.69 Å². The van der Waals surface area contributed by atoms with E-state index in [4.69, 9.17) is 13.9 Å². The molecule has 26 heavy (non-hydrogen) atoms. The van der Waals surface area contributed by atoms with Crippen LogP contribution < -0.4 is 14.8 Å². The van der Waals surface area contributed by atoms with Crippen LogP contribution in [0.5, 0.6) is 11.5 Å². The molecule has 1 aliphatic rings. The first-order valence-corrected chi connectivity index (χ1v) is 9.62. The SMILES string of the molecule is Cc1csc(NC(=O)CSc2nnc(-c3ccc4c(c3)OCCO4)o2)n1. The predicted octanol–water partition coefficient (Wildman–Crippen LogP) is 3.00. The van der Waals surface area contributed by atoms with E-state index in [0.29, 0.717) is 41.0 Å². The van der Waals surface area contributed by atoms with Crippen molar-refractivity contribution < 1.29 is 18.7 Å². The van der Waals surface area contributed by atoms with Crippen LogP contribution in [0.25, 0.3) is 11.5 Å². The molecule has 0 aliphatic carbocycles. The number of carbonyl (C=O) groups excluding carboxylic acids is 1. The lowest BCUT2D eigenvalue weighted by molar-refractivity contribution is -0.113. The maximum Gasteiger partial charge on any atom is 0.277 e. The number of fused-ring (bicyclic) bond motifs is 1. The van der Waals surface area contributed by atoms with Gasteiger partial charge in [0.15, 0.2) is 16.6 Å². The molecule has 8 nitrogen and oxygen atoms in total. The van der Waals surface area contributed by atoms with Crippen molar-refractivity contribution in [3.63, 3.8) is 0 Å². The lowest BCUT2D eigenvalue weighted by atomic mass is 10.2. The van der Waals surface area contributed by atoms with Crippen LogP contribution in [-0.4, -0.2) is 40.1 Å². The summed E-state index contributed by atoms with van der Waals surface area (Å²) in [6.45, 7) is 2.92. The van der Waals surface area contributed by atoms with Gasteiger partial charge in [0.05, 0.1) is 11.4 Å². The van der Waals surface area contributed by atoms with Gasteiger partial charge in [0.2, 0.25) is 11.8 Å². The zero-order chi connectivity index (χ0) is 17.9. The number of thioether (sulfide) groups is 1.